The molecule has 35 heavy (non-hydrogen) atoms. The second-order valence-corrected chi connectivity index (χ2v) is 9.47. The van der Waals surface area contributed by atoms with Crippen LogP contribution in [0.15, 0.2) is 72.3 Å². The van der Waals surface area contributed by atoms with Crippen LogP contribution in [-0.4, -0.2) is 28.4 Å². The first-order valence-corrected chi connectivity index (χ1v) is 12.2. The van der Waals surface area contributed by atoms with Crippen LogP contribution in [0.1, 0.15) is 35.2 Å². The zero-order valence-corrected chi connectivity index (χ0v) is 20.4. The Bertz CT molecular complexity index is 1470. The number of aliphatic hydroxyl groups excluding tert-OH is 1. The van der Waals surface area contributed by atoms with Gasteiger partial charge in [-0.25, -0.2) is 4.98 Å². The number of ether oxygens (including phenoxy) is 1. The highest BCUT2D eigenvalue weighted by molar-refractivity contribution is 7.22. The molecule has 2 heterocycles. The Balaban J connectivity index is 1.68. The molecule has 6 nitrogen and oxygen atoms in total. The molecule has 0 bridgehead atoms. The highest BCUT2D eigenvalue weighted by Gasteiger charge is 2.48. The van der Waals surface area contributed by atoms with Gasteiger partial charge in [-0.3, -0.25) is 14.5 Å². The minimum absolute atomic E-state index is 0.0394. The molecule has 1 N–H and O–H groups in total. The molecule has 3 aromatic carbocycles. The summed E-state index contributed by atoms with van der Waals surface area (Å²) in [6, 6.07) is 19.3. The van der Waals surface area contributed by atoms with Gasteiger partial charge in [-0.15, -0.1) is 0 Å². The molecular formula is C28H24N2O4S. The van der Waals surface area contributed by atoms with E-state index >= 15 is 0 Å². The number of carbonyl (C=O) groups is 2. The summed E-state index contributed by atoms with van der Waals surface area (Å²) >= 11 is 1.37. The van der Waals surface area contributed by atoms with Crippen molar-refractivity contribution >= 4 is 44.1 Å². The van der Waals surface area contributed by atoms with Gasteiger partial charge in [0.1, 0.15) is 11.5 Å². The van der Waals surface area contributed by atoms with Crippen LogP contribution in [0, 0.1) is 13.8 Å². The maximum atomic E-state index is 13.4. The number of fused-ring (bicyclic) bond motifs is 1. The number of anilines is 1. The molecule has 0 saturated carbocycles. The smallest absolute Gasteiger partial charge is 0.301 e. The van der Waals surface area contributed by atoms with E-state index in [4.69, 9.17) is 9.72 Å². The summed E-state index contributed by atoms with van der Waals surface area (Å²) in [5.74, 6) is -1.02. The van der Waals surface area contributed by atoms with Gasteiger partial charge in [-0.05, 0) is 67.8 Å². The molecule has 1 aromatic heterocycles. The second kappa shape index (κ2) is 9.00. The van der Waals surface area contributed by atoms with E-state index in [1.54, 1.807) is 24.3 Å². The summed E-state index contributed by atoms with van der Waals surface area (Å²) in [5.41, 5.74) is 4.09. The third-order valence-electron chi connectivity index (χ3n) is 6.02. The normalized spacial score (nSPS) is 17.3. The predicted octanol–water partition coefficient (Wildman–Crippen LogP) is 5.94. The highest BCUT2D eigenvalue weighted by Crippen LogP contribution is 2.44. The number of aliphatic hydroxyl groups is 1. The highest BCUT2D eigenvalue weighted by atomic mass is 32.1. The van der Waals surface area contributed by atoms with Crippen LogP contribution in [-0.2, 0) is 9.59 Å². The predicted molar refractivity (Wildman–Crippen MR) is 138 cm³/mol. The summed E-state index contributed by atoms with van der Waals surface area (Å²) in [5, 5.41) is 11.7. The minimum Gasteiger partial charge on any atom is -0.507 e. The number of thiazole rings is 1. The van der Waals surface area contributed by atoms with Gasteiger partial charge >= 0.3 is 5.91 Å². The van der Waals surface area contributed by atoms with Gasteiger partial charge in [0.2, 0.25) is 0 Å². The van der Waals surface area contributed by atoms with Crippen molar-refractivity contribution in [3.63, 3.8) is 0 Å². The summed E-state index contributed by atoms with van der Waals surface area (Å²) < 4.78 is 6.42. The summed E-state index contributed by atoms with van der Waals surface area (Å²) in [7, 11) is 0. The largest absolute Gasteiger partial charge is 0.507 e. The fraction of sp³-hybridized carbons (Fsp3) is 0.179. The van der Waals surface area contributed by atoms with Gasteiger partial charge in [0.05, 0.1) is 28.4 Å². The van der Waals surface area contributed by atoms with E-state index in [-0.39, 0.29) is 11.3 Å². The zero-order valence-electron chi connectivity index (χ0n) is 19.6. The van der Waals surface area contributed by atoms with E-state index in [1.807, 2.05) is 63.2 Å². The number of Topliss-reactive ketones (excluding diaryl/α,β-unsaturated/α-hetero) is 1. The molecular weight excluding hydrogens is 460 g/mol. The van der Waals surface area contributed by atoms with Gasteiger partial charge in [-0.1, -0.05) is 47.7 Å². The van der Waals surface area contributed by atoms with E-state index < -0.39 is 17.7 Å². The maximum absolute atomic E-state index is 13.4. The fourth-order valence-corrected chi connectivity index (χ4v) is 5.64. The van der Waals surface area contributed by atoms with E-state index in [2.05, 4.69) is 0 Å². The van der Waals surface area contributed by atoms with Crippen LogP contribution in [0.3, 0.4) is 0 Å². The minimum atomic E-state index is -0.801. The summed E-state index contributed by atoms with van der Waals surface area (Å²) in [6.45, 7) is 6.40. The fourth-order valence-electron chi connectivity index (χ4n) is 4.47. The van der Waals surface area contributed by atoms with Gasteiger partial charge in [-0.2, -0.15) is 0 Å². The first-order valence-electron chi connectivity index (χ1n) is 11.4. The van der Waals surface area contributed by atoms with Gasteiger partial charge < -0.3 is 9.84 Å². The molecule has 0 unspecified atom stereocenters. The van der Waals surface area contributed by atoms with Gasteiger partial charge in [0.15, 0.2) is 5.13 Å². The van der Waals surface area contributed by atoms with Crippen molar-refractivity contribution in [2.24, 2.45) is 0 Å². The van der Waals surface area contributed by atoms with Crippen molar-refractivity contribution in [1.29, 1.82) is 0 Å². The third-order valence-corrected chi connectivity index (χ3v) is 7.02. The Hall–Kier alpha value is -3.97. The number of amides is 1. The molecule has 1 aliphatic heterocycles. The number of rotatable bonds is 5. The standard InChI is InChI=1S/C28H24N2O4S/c1-4-34-20-12-10-19(11-13-20)25(31)22-24(18-8-6-5-7-9-18)30(27(33)26(22)32)28-29-23-17(3)14-16(2)15-21(23)35-28/h5-15,24,31H,4H2,1-3H3/b25-22+/t24-/m0/s1. The van der Waals surface area contributed by atoms with Crippen molar-refractivity contribution in [1.82, 2.24) is 4.98 Å². The molecule has 1 fully saturated rings. The Labute approximate surface area is 207 Å². The molecule has 0 radical (unpaired) electrons. The average molecular weight is 485 g/mol. The lowest BCUT2D eigenvalue weighted by Crippen LogP contribution is -2.29. The SMILES string of the molecule is CCOc1ccc(/C(O)=C2\C(=O)C(=O)N(c3nc4c(C)cc(C)cc4s3)[C@H]2c2ccccc2)cc1. The lowest BCUT2D eigenvalue weighted by molar-refractivity contribution is -0.132. The number of benzene rings is 3. The number of hydrogen-bond donors (Lipinski definition) is 1. The van der Waals surface area contributed by atoms with Crippen LogP contribution in [0.2, 0.25) is 0 Å². The lowest BCUT2D eigenvalue weighted by atomic mass is 9.95. The molecule has 1 atom stereocenters. The van der Waals surface area contributed by atoms with Crippen LogP contribution in [0.25, 0.3) is 16.0 Å². The summed E-state index contributed by atoms with van der Waals surface area (Å²) in [4.78, 5) is 32.9. The van der Waals surface area contributed by atoms with E-state index in [9.17, 15) is 14.7 Å². The van der Waals surface area contributed by atoms with E-state index in [0.29, 0.717) is 28.6 Å². The van der Waals surface area contributed by atoms with Gasteiger partial charge in [0, 0.05) is 5.56 Å². The molecule has 7 heteroatoms. The van der Waals surface area contributed by atoms with E-state index in [0.717, 1.165) is 21.3 Å². The number of nitrogens with zero attached hydrogens (tertiary/aromatic N) is 2. The van der Waals surface area contributed by atoms with Crippen LogP contribution >= 0.6 is 11.3 Å². The first kappa shape index (κ1) is 22.8. The molecule has 0 aliphatic carbocycles. The quantitative estimate of drug-likeness (QED) is 0.215. The van der Waals surface area contributed by atoms with Crippen molar-refractivity contribution in [3.05, 3.63) is 94.6 Å². The topological polar surface area (TPSA) is 79.7 Å². The lowest BCUT2D eigenvalue weighted by Gasteiger charge is -2.22. The number of carbonyl (C=O) groups excluding carboxylic acids is 2. The van der Waals surface area contributed by atoms with Crippen molar-refractivity contribution in [2.45, 2.75) is 26.8 Å². The maximum Gasteiger partial charge on any atom is 0.301 e. The Morgan fingerprint density at radius 1 is 1.06 bits per heavy atom. The Kier molecular flexibility index (Phi) is 5.86. The molecule has 176 valence electrons. The number of hydrogen-bond acceptors (Lipinski definition) is 6. The second-order valence-electron chi connectivity index (χ2n) is 8.46. The van der Waals surface area contributed by atoms with Crippen molar-refractivity contribution in [2.75, 3.05) is 11.5 Å². The average Bonchev–Trinajstić information content (AvgIpc) is 3.38. The van der Waals surface area contributed by atoms with Crippen molar-refractivity contribution < 1.29 is 19.4 Å². The number of ketones is 1. The van der Waals surface area contributed by atoms with Gasteiger partial charge in [0.25, 0.3) is 5.78 Å². The monoisotopic (exact) mass is 484 g/mol. The Morgan fingerprint density at radius 3 is 2.46 bits per heavy atom. The first-order chi connectivity index (χ1) is 16.9. The molecule has 1 aliphatic rings. The zero-order chi connectivity index (χ0) is 24.7. The molecule has 5 rings (SSSR count). The van der Waals surface area contributed by atoms with E-state index in [1.165, 1.54) is 16.2 Å². The molecule has 1 amide bonds. The van der Waals surface area contributed by atoms with Crippen LogP contribution in [0.4, 0.5) is 5.13 Å². The summed E-state index contributed by atoms with van der Waals surface area (Å²) in [6.07, 6.45) is 0. The Morgan fingerprint density at radius 2 is 1.77 bits per heavy atom. The number of aromatic nitrogens is 1. The van der Waals surface area contributed by atoms with Crippen LogP contribution in [0.5, 0.6) is 5.75 Å². The van der Waals surface area contributed by atoms with Crippen molar-refractivity contribution in [3.8, 4) is 5.75 Å². The molecule has 1 saturated heterocycles. The van der Waals surface area contributed by atoms with Crippen LogP contribution < -0.4 is 9.64 Å². The number of aryl methyl sites for hydroxylation is 2. The third kappa shape index (κ3) is 3.98. The molecule has 0 spiro atoms. The molecule has 4 aromatic rings.